The molecule has 1 aliphatic rings. The molecular weight excluding hydrogens is 368 g/mol. The lowest BCUT2D eigenvalue weighted by atomic mass is 9.98. The molecule has 0 bridgehead atoms. The van der Waals surface area contributed by atoms with Gasteiger partial charge in [-0.25, -0.2) is 9.67 Å². The number of hydrogen-bond donors (Lipinski definition) is 2. The number of anilines is 1. The Morgan fingerprint density at radius 3 is 2.72 bits per heavy atom. The van der Waals surface area contributed by atoms with Crippen molar-refractivity contribution < 1.29 is 9.53 Å². The first kappa shape index (κ1) is 19.1. The molecule has 0 aliphatic carbocycles. The molecule has 8 nitrogen and oxygen atoms in total. The number of rotatable bonds is 6. The monoisotopic (exact) mass is 392 g/mol. The van der Waals surface area contributed by atoms with E-state index in [-0.39, 0.29) is 5.91 Å². The Labute approximate surface area is 169 Å². The maximum atomic E-state index is 12.6. The third kappa shape index (κ3) is 4.78. The molecule has 150 valence electrons. The van der Waals surface area contributed by atoms with Crippen molar-refractivity contribution in [2.24, 2.45) is 7.05 Å². The quantitative estimate of drug-likeness (QED) is 0.669. The first-order valence-electron chi connectivity index (χ1n) is 9.75. The van der Waals surface area contributed by atoms with Crippen molar-refractivity contribution in [3.63, 3.8) is 0 Å². The average molecular weight is 392 g/mol. The Hall–Kier alpha value is -3.26. The Kier molecular flexibility index (Phi) is 5.81. The van der Waals surface area contributed by atoms with Gasteiger partial charge in [-0.05, 0) is 37.6 Å². The lowest BCUT2D eigenvalue weighted by molar-refractivity contribution is 0.102. The fourth-order valence-electron chi connectivity index (χ4n) is 3.27. The highest BCUT2D eigenvalue weighted by atomic mass is 16.5. The first-order valence-corrected chi connectivity index (χ1v) is 9.75. The van der Waals surface area contributed by atoms with Crippen LogP contribution < -0.4 is 15.4 Å². The third-order valence-corrected chi connectivity index (χ3v) is 4.94. The van der Waals surface area contributed by atoms with E-state index in [4.69, 9.17) is 4.74 Å². The molecule has 8 heteroatoms. The van der Waals surface area contributed by atoms with Crippen LogP contribution in [0.5, 0.6) is 5.88 Å². The lowest BCUT2D eigenvalue weighted by Gasteiger charge is -2.19. The lowest BCUT2D eigenvalue weighted by Crippen LogP contribution is -2.27. The van der Waals surface area contributed by atoms with Crippen molar-refractivity contribution in [3.8, 4) is 5.88 Å². The van der Waals surface area contributed by atoms with E-state index in [0.29, 0.717) is 29.9 Å². The smallest absolute Gasteiger partial charge is 0.259 e. The normalized spacial score (nSPS) is 14.5. The van der Waals surface area contributed by atoms with Gasteiger partial charge in [0.1, 0.15) is 6.61 Å². The molecule has 3 heterocycles. The molecule has 0 radical (unpaired) electrons. The van der Waals surface area contributed by atoms with Crippen LogP contribution in [0.25, 0.3) is 0 Å². The van der Waals surface area contributed by atoms with Crippen molar-refractivity contribution in [3.05, 3.63) is 65.6 Å². The first-order chi connectivity index (χ1) is 14.2. The van der Waals surface area contributed by atoms with Crippen LogP contribution in [-0.2, 0) is 13.7 Å². The number of piperidine rings is 1. The molecule has 29 heavy (non-hydrogen) atoms. The number of hydrogen-bond acceptors (Lipinski definition) is 6. The van der Waals surface area contributed by atoms with Gasteiger partial charge in [-0.2, -0.15) is 10.1 Å². The van der Waals surface area contributed by atoms with Gasteiger partial charge in [-0.15, -0.1) is 0 Å². The Morgan fingerprint density at radius 2 is 2.00 bits per heavy atom. The fourth-order valence-corrected chi connectivity index (χ4v) is 3.27. The van der Waals surface area contributed by atoms with Crippen LogP contribution in [-0.4, -0.2) is 38.7 Å². The van der Waals surface area contributed by atoms with E-state index >= 15 is 0 Å². The summed E-state index contributed by atoms with van der Waals surface area (Å²) in [5.41, 5.74) is 1.49. The van der Waals surface area contributed by atoms with E-state index in [1.54, 1.807) is 23.9 Å². The minimum atomic E-state index is -0.278. The molecule has 3 aromatic rings. The molecule has 0 saturated carbocycles. The molecule has 2 aromatic heterocycles. The highest BCUT2D eigenvalue weighted by Crippen LogP contribution is 2.23. The van der Waals surface area contributed by atoms with Crippen LogP contribution in [0.1, 0.15) is 40.5 Å². The zero-order valence-corrected chi connectivity index (χ0v) is 16.3. The van der Waals surface area contributed by atoms with Crippen LogP contribution in [0.2, 0.25) is 0 Å². The number of ether oxygens (including phenoxy) is 1. The molecule has 1 amide bonds. The number of carbonyl (C=O) groups is 1. The summed E-state index contributed by atoms with van der Waals surface area (Å²) in [6.07, 6.45) is 3.51. The molecule has 1 fully saturated rings. The van der Waals surface area contributed by atoms with Crippen molar-refractivity contribution in [1.29, 1.82) is 0 Å². The number of aromatic nitrogens is 4. The Balaban J connectivity index is 1.36. The van der Waals surface area contributed by atoms with Gasteiger partial charge >= 0.3 is 0 Å². The number of nitrogens with zero attached hydrogens (tertiary/aromatic N) is 4. The summed E-state index contributed by atoms with van der Waals surface area (Å²) in [6, 6.07) is 13.2. The summed E-state index contributed by atoms with van der Waals surface area (Å²) in [5, 5.41) is 10.6. The summed E-state index contributed by atoms with van der Waals surface area (Å²) in [4.78, 5) is 21.3. The highest BCUT2D eigenvalue weighted by molar-refractivity contribution is 6.03. The average Bonchev–Trinajstić information content (AvgIpc) is 3.14. The van der Waals surface area contributed by atoms with Gasteiger partial charge in [0.15, 0.2) is 5.82 Å². The summed E-state index contributed by atoms with van der Waals surface area (Å²) in [6.45, 7) is 2.36. The van der Waals surface area contributed by atoms with Crippen molar-refractivity contribution in [2.75, 3.05) is 18.4 Å². The molecule has 0 unspecified atom stereocenters. The fraction of sp³-hybridized carbons (Fsp3) is 0.333. The van der Waals surface area contributed by atoms with Crippen LogP contribution in [0.3, 0.4) is 0 Å². The van der Waals surface area contributed by atoms with Gasteiger partial charge in [0.05, 0.1) is 5.56 Å². The van der Waals surface area contributed by atoms with Gasteiger partial charge in [-0.1, -0.05) is 30.3 Å². The van der Waals surface area contributed by atoms with E-state index in [1.165, 1.54) is 6.20 Å². The van der Waals surface area contributed by atoms with Crippen LogP contribution in [0.4, 0.5) is 5.95 Å². The highest BCUT2D eigenvalue weighted by Gasteiger charge is 2.21. The molecule has 0 spiro atoms. The van der Waals surface area contributed by atoms with Crippen LogP contribution in [0, 0.1) is 0 Å². The predicted molar refractivity (Wildman–Crippen MR) is 109 cm³/mol. The second kappa shape index (κ2) is 8.83. The minimum Gasteiger partial charge on any atom is -0.473 e. The van der Waals surface area contributed by atoms with E-state index < -0.39 is 0 Å². The number of benzene rings is 1. The van der Waals surface area contributed by atoms with Crippen LogP contribution in [0.15, 0.2) is 48.7 Å². The van der Waals surface area contributed by atoms with Gasteiger partial charge in [0, 0.05) is 25.2 Å². The summed E-state index contributed by atoms with van der Waals surface area (Å²) < 4.78 is 7.27. The second-order valence-electron chi connectivity index (χ2n) is 7.05. The second-order valence-corrected chi connectivity index (χ2v) is 7.05. The van der Waals surface area contributed by atoms with E-state index in [1.807, 2.05) is 30.3 Å². The van der Waals surface area contributed by atoms with Crippen molar-refractivity contribution in [1.82, 2.24) is 25.1 Å². The number of nitrogens with one attached hydrogen (secondary N) is 2. The molecule has 0 atom stereocenters. The van der Waals surface area contributed by atoms with Gasteiger partial charge < -0.3 is 10.1 Å². The maximum Gasteiger partial charge on any atom is 0.259 e. The number of pyridine rings is 1. The number of carbonyl (C=O) groups excluding carboxylic acids is 1. The molecule has 4 rings (SSSR count). The van der Waals surface area contributed by atoms with Crippen molar-refractivity contribution >= 4 is 11.9 Å². The van der Waals surface area contributed by atoms with E-state index in [9.17, 15) is 4.79 Å². The zero-order valence-electron chi connectivity index (χ0n) is 16.3. The standard InChI is InChI=1S/C21H24N6O2/c1-27-21(24-19(26-27)16-9-11-22-12-10-16)25-20(28)17-7-8-18(23-13-17)29-14-15-5-3-2-4-6-15/h2-8,13,16,22H,9-12,14H2,1H3,(H,24,25,26,28). The maximum absolute atomic E-state index is 12.6. The Morgan fingerprint density at radius 1 is 1.21 bits per heavy atom. The van der Waals surface area contributed by atoms with Crippen LogP contribution >= 0.6 is 0 Å². The summed E-state index contributed by atoms with van der Waals surface area (Å²) >= 11 is 0. The molecule has 1 aliphatic heterocycles. The molecule has 2 N–H and O–H groups in total. The topological polar surface area (TPSA) is 94.0 Å². The summed E-state index contributed by atoms with van der Waals surface area (Å²) in [5.74, 6) is 1.74. The molecule has 1 aromatic carbocycles. The number of amides is 1. The largest absolute Gasteiger partial charge is 0.473 e. The predicted octanol–water partition coefficient (Wildman–Crippen LogP) is 2.51. The van der Waals surface area contributed by atoms with Gasteiger partial charge in [0.25, 0.3) is 5.91 Å². The Bertz CT molecular complexity index is 949. The number of aryl methyl sites for hydroxylation is 1. The minimum absolute atomic E-state index is 0.278. The zero-order chi connectivity index (χ0) is 20.1. The molecule has 1 saturated heterocycles. The SMILES string of the molecule is Cn1nc(C2CCNCC2)nc1NC(=O)c1ccc(OCc2ccccc2)nc1. The van der Waals surface area contributed by atoms with Gasteiger partial charge in [-0.3, -0.25) is 10.1 Å². The van der Waals surface area contributed by atoms with Gasteiger partial charge in [0.2, 0.25) is 11.8 Å². The van der Waals surface area contributed by atoms with E-state index in [0.717, 1.165) is 37.3 Å². The third-order valence-electron chi connectivity index (χ3n) is 4.94. The van der Waals surface area contributed by atoms with Crippen molar-refractivity contribution in [2.45, 2.75) is 25.4 Å². The molecular formula is C21H24N6O2. The summed E-state index contributed by atoms with van der Waals surface area (Å²) in [7, 11) is 1.78. The van der Waals surface area contributed by atoms with E-state index in [2.05, 4.69) is 25.7 Å².